The van der Waals surface area contributed by atoms with Crippen molar-refractivity contribution in [3.63, 3.8) is 0 Å². The summed E-state index contributed by atoms with van der Waals surface area (Å²) >= 11 is 0. The summed E-state index contributed by atoms with van der Waals surface area (Å²) in [5, 5.41) is 20.8. The molecule has 1 aliphatic carbocycles. The van der Waals surface area contributed by atoms with E-state index in [0.29, 0.717) is 24.2 Å². The number of aromatic nitrogens is 1. The third kappa shape index (κ3) is 2.72. The van der Waals surface area contributed by atoms with Crippen molar-refractivity contribution in [2.75, 3.05) is 5.32 Å². The summed E-state index contributed by atoms with van der Waals surface area (Å²) in [5.74, 6) is -0.347. The number of hydrogen-bond donors (Lipinski definition) is 2. The number of carbonyl (C=O) groups is 1. The van der Waals surface area contributed by atoms with Crippen LogP contribution >= 0.6 is 0 Å². The normalized spacial score (nSPS) is 23.0. The monoisotopic (exact) mass is 231 g/mol. The summed E-state index contributed by atoms with van der Waals surface area (Å²) in [6.45, 7) is 0. The van der Waals surface area contributed by atoms with Gasteiger partial charge in [0.05, 0.1) is 17.6 Å². The van der Waals surface area contributed by atoms with Crippen LogP contribution in [0.15, 0.2) is 18.3 Å². The highest BCUT2D eigenvalue weighted by Gasteiger charge is 2.29. The predicted octanol–water partition coefficient (Wildman–Crippen LogP) is 1.62. The van der Waals surface area contributed by atoms with Gasteiger partial charge in [0.15, 0.2) is 0 Å². The number of carboxylic acid groups (broad SMARTS) is 1. The van der Waals surface area contributed by atoms with Crippen LogP contribution in [0.3, 0.4) is 0 Å². The average molecular weight is 231 g/mol. The van der Waals surface area contributed by atoms with Gasteiger partial charge in [-0.15, -0.1) is 0 Å². The molecule has 0 aromatic carbocycles. The second kappa shape index (κ2) is 4.83. The highest BCUT2D eigenvalue weighted by Crippen LogP contribution is 2.27. The van der Waals surface area contributed by atoms with Gasteiger partial charge in [-0.2, -0.15) is 5.26 Å². The van der Waals surface area contributed by atoms with Crippen LogP contribution in [0, 0.1) is 17.2 Å². The second-order valence-corrected chi connectivity index (χ2v) is 4.23. The number of nitrogens with zero attached hydrogens (tertiary/aromatic N) is 2. The van der Waals surface area contributed by atoms with E-state index < -0.39 is 5.97 Å². The van der Waals surface area contributed by atoms with Crippen molar-refractivity contribution in [1.29, 1.82) is 5.26 Å². The van der Waals surface area contributed by atoms with Gasteiger partial charge in [-0.05, 0) is 31.4 Å². The zero-order chi connectivity index (χ0) is 12.3. The summed E-state index contributed by atoms with van der Waals surface area (Å²) in [4.78, 5) is 14.9. The summed E-state index contributed by atoms with van der Waals surface area (Å²) in [5.41, 5.74) is 0.551. The molecule has 1 aliphatic rings. The first-order valence-corrected chi connectivity index (χ1v) is 5.54. The number of aliphatic carboxylic acids is 1. The molecule has 2 N–H and O–H groups in total. The fraction of sp³-hybridized carbons (Fsp3) is 0.417. The van der Waals surface area contributed by atoms with E-state index in [0.717, 1.165) is 6.42 Å². The van der Waals surface area contributed by atoms with Crippen molar-refractivity contribution < 1.29 is 9.90 Å². The van der Waals surface area contributed by atoms with Gasteiger partial charge < -0.3 is 10.4 Å². The molecule has 0 aliphatic heterocycles. The number of anilines is 1. The van der Waals surface area contributed by atoms with Gasteiger partial charge in [0.2, 0.25) is 0 Å². The molecule has 1 aromatic heterocycles. The Balaban J connectivity index is 1.98. The van der Waals surface area contributed by atoms with Gasteiger partial charge in [-0.1, -0.05) is 0 Å². The number of rotatable bonds is 3. The number of carboxylic acids is 1. The van der Waals surface area contributed by atoms with Crippen molar-refractivity contribution in [3.8, 4) is 6.07 Å². The molecule has 0 radical (unpaired) electrons. The molecule has 5 nitrogen and oxygen atoms in total. The van der Waals surface area contributed by atoms with Crippen molar-refractivity contribution in [3.05, 3.63) is 23.9 Å². The van der Waals surface area contributed by atoms with Gasteiger partial charge >= 0.3 is 5.97 Å². The van der Waals surface area contributed by atoms with Crippen molar-refractivity contribution in [2.45, 2.75) is 25.3 Å². The zero-order valence-electron chi connectivity index (χ0n) is 9.26. The van der Waals surface area contributed by atoms with Crippen LogP contribution in [0.25, 0.3) is 0 Å². The summed E-state index contributed by atoms with van der Waals surface area (Å²) in [6, 6.07) is 5.50. The molecule has 0 saturated heterocycles. The third-order valence-electron chi connectivity index (χ3n) is 3.02. The lowest BCUT2D eigenvalue weighted by molar-refractivity contribution is -0.141. The highest BCUT2D eigenvalue weighted by molar-refractivity contribution is 5.70. The lowest BCUT2D eigenvalue weighted by atomic mass is 10.1. The van der Waals surface area contributed by atoms with E-state index in [4.69, 9.17) is 10.4 Å². The first-order valence-electron chi connectivity index (χ1n) is 5.54. The Morgan fingerprint density at radius 2 is 2.41 bits per heavy atom. The SMILES string of the molecule is N#Cc1ccnc(NC2CCC(C(=O)O)C2)c1. The van der Waals surface area contributed by atoms with Gasteiger partial charge in [0.25, 0.3) is 0 Å². The second-order valence-electron chi connectivity index (χ2n) is 4.23. The summed E-state index contributed by atoms with van der Waals surface area (Å²) < 4.78 is 0. The number of hydrogen-bond acceptors (Lipinski definition) is 4. The fourth-order valence-corrected chi connectivity index (χ4v) is 2.13. The Labute approximate surface area is 99.1 Å². The largest absolute Gasteiger partial charge is 0.481 e. The summed E-state index contributed by atoms with van der Waals surface area (Å²) in [6.07, 6.45) is 3.72. The molecule has 0 bridgehead atoms. The van der Waals surface area contributed by atoms with E-state index in [1.54, 1.807) is 18.3 Å². The van der Waals surface area contributed by atoms with Crippen molar-refractivity contribution >= 4 is 11.8 Å². The van der Waals surface area contributed by atoms with Crippen molar-refractivity contribution in [2.24, 2.45) is 5.92 Å². The first-order chi connectivity index (χ1) is 8.19. The van der Waals surface area contributed by atoms with E-state index in [1.165, 1.54) is 0 Å². The number of pyridine rings is 1. The van der Waals surface area contributed by atoms with Gasteiger partial charge in [-0.3, -0.25) is 4.79 Å². The van der Waals surface area contributed by atoms with Crippen molar-refractivity contribution in [1.82, 2.24) is 4.98 Å². The quantitative estimate of drug-likeness (QED) is 0.825. The zero-order valence-corrected chi connectivity index (χ0v) is 9.26. The molecule has 1 aromatic rings. The molecule has 0 amide bonds. The Kier molecular flexibility index (Phi) is 3.24. The Morgan fingerprint density at radius 3 is 3.06 bits per heavy atom. The minimum Gasteiger partial charge on any atom is -0.481 e. The minimum absolute atomic E-state index is 0.137. The lowest BCUT2D eigenvalue weighted by Crippen LogP contribution is -2.18. The molecular formula is C12H13N3O2. The van der Waals surface area contributed by atoms with Crippen LogP contribution in [0.2, 0.25) is 0 Å². The van der Waals surface area contributed by atoms with Gasteiger partial charge in [0.1, 0.15) is 5.82 Å². The van der Waals surface area contributed by atoms with Gasteiger partial charge in [0, 0.05) is 12.2 Å². The molecule has 1 heterocycles. The highest BCUT2D eigenvalue weighted by atomic mass is 16.4. The fourth-order valence-electron chi connectivity index (χ4n) is 2.13. The molecule has 1 fully saturated rings. The Hall–Kier alpha value is -2.09. The molecule has 2 unspecified atom stereocenters. The predicted molar refractivity (Wildman–Crippen MR) is 61.3 cm³/mol. The number of nitriles is 1. The topological polar surface area (TPSA) is 86.0 Å². The van der Waals surface area contributed by atoms with Crippen LogP contribution in [-0.4, -0.2) is 22.1 Å². The van der Waals surface area contributed by atoms with Gasteiger partial charge in [-0.25, -0.2) is 4.98 Å². The smallest absolute Gasteiger partial charge is 0.306 e. The van der Waals surface area contributed by atoms with E-state index in [2.05, 4.69) is 10.3 Å². The van der Waals surface area contributed by atoms with Crippen LogP contribution in [0.5, 0.6) is 0 Å². The summed E-state index contributed by atoms with van der Waals surface area (Å²) in [7, 11) is 0. The average Bonchev–Trinajstić information content (AvgIpc) is 2.78. The maximum atomic E-state index is 10.8. The molecule has 17 heavy (non-hydrogen) atoms. The van der Waals surface area contributed by atoms with Crippen LogP contribution in [-0.2, 0) is 4.79 Å². The van der Waals surface area contributed by atoms with E-state index in [9.17, 15) is 4.79 Å². The molecule has 2 atom stereocenters. The maximum absolute atomic E-state index is 10.8. The van der Waals surface area contributed by atoms with Crippen LogP contribution in [0.1, 0.15) is 24.8 Å². The standard InChI is InChI=1S/C12H13N3O2/c13-7-8-3-4-14-11(5-8)15-10-2-1-9(6-10)12(16)17/h3-5,9-10H,1-2,6H2,(H,14,15)(H,16,17). The lowest BCUT2D eigenvalue weighted by Gasteiger charge is -2.12. The maximum Gasteiger partial charge on any atom is 0.306 e. The van der Waals surface area contributed by atoms with Crippen LogP contribution in [0.4, 0.5) is 5.82 Å². The van der Waals surface area contributed by atoms with E-state index in [-0.39, 0.29) is 12.0 Å². The molecule has 0 spiro atoms. The minimum atomic E-state index is -0.729. The van der Waals surface area contributed by atoms with E-state index >= 15 is 0 Å². The molecule has 88 valence electrons. The molecular weight excluding hydrogens is 218 g/mol. The molecule has 2 rings (SSSR count). The first kappa shape index (κ1) is 11.4. The number of nitrogens with one attached hydrogen (secondary N) is 1. The Morgan fingerprint density at radius 1 is 1.59 bits per heavy atom. The van der Waals surface area contributed by atoms with Crippen LogP contribution < -0.4 is 5.32 Å². The molecule has 5 heteroatoms. The molecule has 1 saturated carbocycles. The Bertz CT molecular complexity index is 467. The third-order valence-corrected chi connectivity index (χ3v) is 3.02. The van der Waals surface area contributed by atoms with E-state index in [1.807, 2.05) is 6.07 Å².